The molecule has 0 radical (unpaired) electrons. The third-order valence-electron chi connectivity index (χ3n) is 4.17. The molecule has 0 saturated carbocycles. The Bertz CT molecular complexity index is 636. The van der Waals surface area contributed by atoms with Gasteiger partial charge in [0.2, 0.25) is 5.78 Å². The molecule has 0 aliphatic carbocycles. The average molecular weight is 317 g/mol. The van der Waals surface area contributed by atoms with E-state index in [2.05, 4.69) is 4.98 Å². The maximum Gasteiger partial charge on any atom is 0.290 e. The SMILES string of the molecule is CCC1C(=O)C(=O)N(CCCn2ccnc2)C1c1cccs1. The Morgan fingerprint density at radius 3 is 2.82 bits per heavy atom. The first kappa shape index (κ1) is 15.0. The third-order valence-corrected chi connectivity index (χ3v) is 5.12. The molecule has 1 amide bonds. The number of likely N-dealkylation sites (tertiary alicyclic amines) is 1. The summed E-state index contributed by atoms with van der Waals surface area (Å²) in [6.45, 7) is 3.37. The van der Waals surface area contributed by atoms with Crippen molar-refractivity contribution in [2.24, 2.45) is 5.92 Å². The Balaban J connectivity index is 1.74. The van der Waals surface area contributed by atoms with Gasteiger partial charge in [-0.05, 0) is 24.3 Å². The summed E-state index contributed by atoms with van der Waals surface area (Å²) >= 11 is 1.62. The number of imidazole rings is 1. The van der Waals surface area contributed by atoms with Crippen molar-refractivity contribution in [3.8, 4) is 0 Å². The first-order valence-corrected chi connectivity index (χ1v) is 8.44. The molecular weight excluding hydrogens is 298 g/mol. The fourth-order valence-corrected chi connectivity index (χ4v) is 3.99. The Morgan fingerprint density at radius 1 is 1.32 bits per heavy atom. The highest BCUT2D eigenvalue weighted by molar-refractivity contribution is 7.10. The van der Waals surface area contributed by atoms with Gasteiger partial charge < -0.3 is 9.47 Å². The highest BCUT2D eigenvalue weighted by Crippen LogP contribution is 2.39. The van der Waals surface area contributed by atoms with Crippen molar-refractivity contribution < 1.29 is 9.59 Å². The van der Waals surface area contributed by atoms with E-state index in [-0.39, 0.29) is 23.7 Å². The number of hydrogen-bond acceptors (Lipinski definition) is 4. The van der Waals surface area contributed by atoms with Gasteiger partial charge in [0.05, 0.1) is 18.3 Å². The normalized spacial score (nSPS) is 21.8. The maximum atomic E-state index is 12.3. The van der Waals surface area contributed by atoms with Gasteiger partial charge in [-0.3, -0.25) is 9.59 Å². The number of rotatable bonds is 6. The van der Waals surface area contributed by atoms with Gasteiger partial charge in [0.1, 0.15) is 0 Å². The predicted molar refractivity (Wildman–Crippen MR) is 84.4 cm³/mol. The lowest BCUT2D eigenvalue weighted by atomic mass is 9.95. The number of amides is 1. The van der Waals surface area contributed by atoms with Crippen molar-refractivity contribution in [2.45, 2.75) is 32.4 Å². The lowest BCUT2D eigenvalue weighted by Gasteiger charge is -2.26. The summed E-state index contributed by atoms with van der Waals surface area (Å²) in [5, 5.41) is 2.00. The summed E-state index contributed by atoms with van der Waals surface area (Å²) in [4.78, 5) is 31.5. The third kappa shape index (κ3) is 2.70. The standard InChI is InChI=1S/C16H19N3O2S/c1-2-12-14(13-5-3-10-22-13)19(16(21)15(12)20)8-4-7-18-9-6-17-11-18/h3,5-6,9-12,14H,2,4,7-8H2,1H3. The van der Waals surface area contributed by atoms with Crippen LogP contribution >= 0.6 is 11.3 Å². The lowest BCUT2D eigenvalue weighted by molar-refractivity contribution is -0.141. The number of ketones is 1. The molecule has 2 aromatic rings. The van der Waals surface area contributed by atoms with Crippen LogP contribution in [-0.2, 0) is 16.1 Å². The smallest absolute Gasteiger partial charge is 0.290 e. The van der Waals surface area contributed by atoms with E-state index in [9.17, 15) is 9.59 Å². The fourth-order valence-electron chi connectivity index (χ4n) is 3.09. The van der Waals surface area contributed by atoms with Crippen molar-refractivity contribution in [2.75, 3.05) is 6.54 Å². The predicted octanol–water partition coefficient (Wildman–Crippen LogP) is 2.51. The molecule has 116 valence electrons. The van der Waals surface area contributed by atoms with E-state index < -0.39 is 0 Å². The van der Waals surface area contributed by atoms with Gasteiger partial charge in [0.25, 0.3) is 5.91 Å². The maximum absolute atomic E-state index is 12.3. The molecule has 0 spiro atoms. The van der Waals surface area contributed by atoms with Gasteiger partial charge in [-0.2, -0.15) is 0 Å². The van der Waals surface area contributed by atoms with Crippen molar-refractivity contribution in [1.82, 2.24) is 14.5 Å². The highest BCUT2D eigenvalue weighted by atomic mass is 32.1. The molecule has 3 heterocycles. The van der Waals surface area contributed by atoms with Crippen LogP contribution in [0.5, 0.6) is 0 Å². The van der Waals surface area contributed by atoms with E-state index in [1.165, 1.54) is 0 Å². The molecule has 1 aliphatic rings. The van der Waals surface area contributed by atoms with E-state index in [1.807, 2.05) is 35.2 Å². The van der Waals surface area contributed by atoms with Crippen LogP contribution in [0.3, 0.4) is 0 Å². The quantitative estimate of drug-likeness (QED) is 0.769. The van der Waals surface area contributed by atoms with Crippen LogP contribution in [0.25, 0.3) is 0 Å². The summed E-state index contributed by atoms with van der Waals surface area (Å²) in [6, 6.07) is 3.91. The van der Waals surface area contributed by atoms with E-state index >= 15 is 0 Å². The number of hydrogen-bond donors (Lipinski definition) is 0. The minimum atomic E-state index is -0.323. The molecular formula is C16H19N3O2S. The van der Waals surface area contributed by atoms with Gasteiger partial charge >= 0.3 is 0 Å². The van der Waals surface area contributed by atoms with Crippen LogP contribution in [0, 0.1) is 5.92 Å². The zero-order valence-corrected chi connectivity index (χ0v) is 13.3. The first-order valence-electron chi connectivity index (χ1n) is 7.56. The number of carbonyl (C=O) groups is 2. The van der Waals surface area contributed by atoms with Gasteiger partial charge in [0.15, 0.2) is 0 Å². The molecule has 1 fully saturated rings. The number of Topliss-reactive ketones (excluding diaryl/α,β-unsaturated/α-hetero) is 1. The van der Waals surface area contributed by atoms with Crippen LogP contribution < -0.4 is 0 Å². The molecule has 0 bridgehead atoms. The molecule has 3 rings (SSSR count). The van der Waals surface area contributed by atoms with Gasteiger partial charge in [0, 0.05) is 30.4 Å². The molecule has 2 unspecified atom stereocenters. The van der Waals surface area contributed by atoms with Crippen LogP contribution in [0.2, 0.25) is 0 Å². The first-order chi connectivity index (χ1) is 10.7. The number of aryl methyl sites for hydroxylation is 1. The van der Waals surface area contributed by atoms with E-state index in [0.29, 0.717) is 13.0 Å². The fraction of sp³-hybridized carbons (Fsp3) is 0.438. The molecule has 2 atom stereocenters. The Morgan fingerprint density at radius 2 is 2.18 bits per heavy atom. The number of aromatic nitrogens is 2. The van der Waals surface area contributed by atoms with Gasteiger partial charge in [-0.25, -0.2) is 4.98 Å². The molecule has 5 nitrogen and oxygen atoms in total. The molecule has 0 N–H and O–H groups in total. The largest absolute Gasteiger partial charge is 0.337 e. The summed E-state index contributed by atoms with van der Waals surface area (Å²) in [7, 11) is 0. The topological polar surface area (TPSA) is 55.2 Å². The Hall–Kier alpha value is -1.95. The van der Waals surface area contributed by atoms with Crippen LogP contribution in [0.1, 0.15) is 30.7 Å². The van der Waals surface area contributed by atoms with Crippen LogP contribution in [0.4, 0.5) is 0 Å². The number of thiophene rings is 1. The van der Waals surface area contributed by atoms with E-state index in [0.717, 1.165) is 17.8 Å². The highest BCUT2D eigenvalue weighted by Gasteiger charge is 2.46. The Labute approximate surface area is 133 Å². The number of carbonyl (C=O) groups excluding carboxylic acids is 2. The second-order valence-corrected chi connectivity index (χ2v) is 6.47. The Kier molecular flexibility index (Phi) is 4.38. The zero-order chi connectivity index (χ0) is 15.5. The minimum Gasteiger partial charge on any atom is -0.337 e. The monoisotopic (exact) mass is 317 g/mol. The van der Waals surface area contributed by atoms with Crippen molar-refractivity contribution in [3.05, 3.63) is 41.1 Å². The zero-order valence-electron chi connectivity index (χ0n) is 12.5. The summed E-state index contributed by atoms with van der Waals surface area (Å²) in [5.41, 5.74) is 0. The molecule has 1 saturated heterocycles. The molecule has 2 aromatic heterocycles. The second-order valence-electron chi connectivity index (χ2n) is 5.49. The van der Waals surface area contributed by atoms with Gasteiger partial charge in [-0.15, -0.1) is 11.3 Å². The van der Waals surface area contributed by atoms with E-state index in [4.69, 9.17) is 0 Å². The van der Waals surface area contributed by atoms with Gasteiger partial charge in [-0.1, -0.05) is 13.0 Å². The summed E-state index contributed by atoms with van der Waals surface area (Å²) < 4.78 is 1.99. The van der Waals surface area contributed by atoms with Crippen molar-refractivity contribution in [3.63, 3.8) is 0 Å². The second kappa shape index (κ2) is 6.44. The van der Waals surface area contributed by atoms with Crippen LogP contribution in [0.15, 0.2) is 36.2 Å². The summed E-state index contributed by atoms with van der Waals surface area (Å²) in [5.74, 6) is -0.765. The molecule has 6 heteroatoms. The number of nitrogens with zero attached hydrogens (tertiary/aromatic N) is 3. The van der Waals surface area contributed by atoms with Crippen LogP contribution in [-0.4, -0.2) is 32.7 Å². The summed E-state index contributed by atoms with van der Waals surface area (Å²) in [6.07, 6.45) is 6.93. The minimum absolute atomic E-state index is 0.0900. The van der Waals surface area contributed by atoms with Crippen molar-refractivity contribution in [1.29, 1.82) is 0 Å². The molecule has 22 heavy (non-hydrogen) atoms. The lowest BCUT2D eigenvalue weighted by Crippen LogP contribution is -2.31. The van der Waals surface area contributed by atoms with Crippen molar-refractivity contribution >= 4 is 23.0 Å². The average Bonchev–Trinajstić information content (AvgIpc) is 3.24. The molecule has 1 aliphatic heterocycles. The molecule has 0 aromatic carbocycles. The van der Waals surface area contributed by atoms with E-state index in [1.54, 1.807) is 28.8 Å².